The quantitative estimate of drug-likeness (QED) is 0.841. The van der Waals surface area contributed by atoms with Crippen molar-refractivity contribution >= 4 is 22.9 Å². The number of rotatable bonds is 6. The Morgan fingerprint density at radius 3 is 2.67 bits per heavy atom. The van der Waals surface area contributed by atoms with Gasteiger partial charge in [0.05, 0.1) is 23.9 Å². The summed E-state index contributed by atoms with van der Waals surface area (Å²) in [4.78, 5) is 4.76. The number of methoxy groups -OCH3 is 1. The van der Waals surface area contributed by atoms with Gasteiger partial charge in [0.15, 0.2) is 0 Å². The predicted molar refractivity (Wildman–Crippen MR) is 89.7 cm³/mol. The normalized spacial score (nSPS) is 12.7. The van der Waals surface area contributed by atoms with Gasteiger partial charge >= 0.3 is 0 Å². The third-order valence-electron chi connectivity index (χ3n) is 3.30. The molecule has 1 aromatic heterocycles. The van der Waals surface area contributed by atoms with Crippen molar-refractivity contribution in [2.45, 2.75) is 32.7 Å². The molecule has 0 spiro atoms. The lowest BCUT2D eigenvalue weighted by Crippen LogP contribution is -2.22. The predicted octanol–water partition coefficient (Wildman–Crippen LogP) is 4.63. The van der Waals surface area contributed by atoms with E-state index in [1.807, 2.05) is 18.2 Å². The van der Waals surface area contributed by atoms with Crippen LogP contribution in [0.4, 0.5) is 0 Å². The maximum atomic E-state index is 6.25. The minimum Gasteiger partial charge on any atom is -0.495 e. The fourth-order valence-electron chi connectivity index (χ4n) is 2.11. The van der Waals surface area contributed by atoms with Crippen LogP contribution in [0.15, 0.2) is 23.6 Å². The highest BCUT2D eigenvalue weighted by Gasteiger charge is 2.19. The molecule has 0 radical (unpaired) electrons. The van der Waals surface area contributed by atoms with Crippen molar-refractivity contribution in [3.05, 3.63) is 44.9 Å². The average molecular weight is 325 g/mol. The molecule has 0 aliphatic carbocycles. The molecular weight excluding hydrogens is 304 g/mol. The number of hydrogen-bond acceptors (Lipinski definition) is 4. The van der Waals surface area contributed by atoms with E-state index in [1.165, 1.54) is 0 Å². The maximum absolute atomic E-state index is 6.25. The van der Waals surface area contributed by atoms with E-state index in [-0.39, 0.29) is 6.04 Å². The largest absolute Gasteiger partial charge is 0.495 e. The zero-order chi connectivity index (χ0) is 15.4. The summed E-state index contributed by atoms with van der Waals surface area (Å²) in [5, 5.41) is 7.31. The van der Waals surface area contributed by atoms with Crippen LogP contribution in [0.5, 0.6) is 5.75 Å². The Labute approximate surface area is 135 Å². The van der Waals surface area contributed by atoms with Gasteiger partial charge in [-0.2, -0.15) is 0 Å². The molecule has 3 nitrogen and oxygen atoms in total. The number of ether oxygens (including phenoxy) is 1. The van der Waals surface area contributed by atoms with Crippen LogP contribution in [0.2, 0.25) is 5.02 Å². The number of aromatic nitrogens is 1. The summed E-state index contributed by atoms with van der Waals surface area (Å²) in [7, 11) is 1.62. The molecule has 114 valence electrons. The molecule has 1 aromatic carbocycles. The van der Waals surface area contributed by atoms with Gasteiger partial charge in [-0.1, -0.05) is 38.4 Å². The molecule has 1 atom stereocenters. The first-order valence-electron chi connectivity index (χ1n) is 7.09. The van der Waals surface area contributed by atoms with Crippen LogP contribution in [-0.2, 0) is 0 Å². The summed E-state index contributed by atoms with van der Waals surface area (Å²) in [5.74, 6) is 1.13. The molecule has 1 N–H and O–H groups in total. The zero-order valence-electron chi connectivity index (χ0n) is 12.8. The Morgan fingerprint density at radius 2 is 2.14 bits per heavy atom. The van der Waals surface area contributed by atoms with Crippen LogP contribution >= 0.6 is 22.9 Å². The smallest absolute Gasteiger partial charge is 0.137 e. The summed E-state index contributed by atoms with van der Waals surface area (Å²) >= 11 is 7.94. The fraction of sp³-hybridized carbons (Fsp3) is 0.438. The lowest BCUT2D eigenvalue weighted by atomic mass is 10.1. The zero-order valence-corrected chi connectivity index (χ0v) is 14.4. The monoisotopic (exact) mass is 324 g/mol. The van der Waals surface area contributed by atoms with Crippen molar-refractivity contribution in [3.8, 4) is 5.75 Å². The molecule has 0 fully saturated rings. The molecule has 2 aromatic rings. The van der Waals surface area contributed by atoms with Crippen LogP contribution in [0.25, 0.3) is 0 Å². The van der Waals surface area contributed by atoms with Crippen LogP contribution < -0.4 is 10.1 Å². The van der Waals surface area contributed by atoms with Crippen LogP contribution in [0, 0.1) is 0 Å². The number of halogens is 1. The molecule has 0 saturated heterocycles. The second kappa shape index (κ2) is 7.25. The minimum atomic E-state index is 0.0657. The molecule has 0 aliphatic rings. The van der Waals surface area contributed by atoms with Crippen molar-refractivity contribution in [3.63, 3.8) is 0 Å². The van der Waals surface area contributed by atoms with E-state index in [2.05, 4.69) is 31.5 Å². The van der Waals surface area contributed by atoms with E-state index in [4.69, 9.17) is 21.3 Å². The van der Waals surface area contributed by atoms with E-state index in [9.17, 15) is 0 Å². The van der Waals surface area contributed by atoms with Crippen molar-refractivity contribution in [2.75, 3.05) is 13.7 Å². The number of hydrogen-bond donors (Lipinski definition) is 1. The SMILES string of the molecule is CCNC(c1ccc(OC)c(Cl)c1)c1nc(C(C)C)cs1. The molecule has 0 saturated carbocycles. The van der Waals surface area contributed by atoms with Gasteiger partial charge < -0.3 is 10.1 Å². The second-order valence-corrected chi connectivity index (χ2v) is 6.45. The Hall–Kier alpha value is -1.10. The summed E-state index contributed by atoms with van der Waals surface area (Å²) in [6.07, 6.45) is 0. The first-order valence-corrected chi connectivity index (χ1v) is 8.34. The third-order valence-corrected chi connectivity index (χ3v) is 4.52. The number of thiazole rings is 1. The number of benzene rings is 1. The molecule has 0 amide bonds. The lowest BCUT2D eigenvalue weighted by Gasteiger charge is -2.17. The molecule has 2 rings (SSSR count). The van der Waals surface area contributed by atoms with E-state index < -0.39 is 0 Å². The first-order chi connectivity index (χ1) is 10.1. The van der Waals surface area contributed by atoms with Gasteiger partial charge in [0.2, 0.25) is 0 Å². The Bertz CT molecular complexity index is 598. The summed E-state index contributed by atoms with van der Waals surface area (Å²) in [6.45, 7) is 7.27. The molecule has 5 heteroatoms. The number of nitrogens with zero attached hydrogens (tertiary/aromatic N) is 1. The van der Waals surface area contributed by atoms with Crippen LogP contribution in [0.3, 0.4) is 0 Å². The minimum absolute atomic E-state index is 0.0657. The van der Waals surface area contributed by atoms with E-state index in [1.54, 1.807) is 18.4 Å². The van der Waals surface area contributed by atoms with Crippen molar-refractivity contribution in [2.24, 2.45) is 0 Å². The highest BCUT2D eigenvalue weighted by molar-refractivity contribution is 7.09. The first kappa shape index (κ1) is 16.3. The summed E-state index contributed by atoms with van der Waals surface area (Å²) in [5.41, 5.74) is 2.24. The van der Waals surface area contributed by atoms with Gasteiger partial charge in [-0.25, -0.2) is 4.98 Å². The molecule has 1 unspecified atom stereocenters. The van der Waals surface area contributed by atoms with E-state index in [0.29, 0.717) is 16.7 Å². The van der Waals surface area contributed by atoms with Gasteiger partial charge in [-0.15, -0.1) is 11.3 Å². The second-order valence-electron chi connectivity index (χ2n) is 5.15. The van der Waals surface area contributed by atoms with Gasteiger partial charge in [-0.3, -0.25) is 0 Å². The highest BCUT2D eigenvalue weighted by atomic mass is 35.5. The Kier molecular flexibility index (Phi) is 5.62. The molecular formula is C16H21ClN2OS. The summed E-state index contributed by atoms with van der Waals surface area (Å²) < 4.78 is 5.22. The topological polar surface area (TPSA) is 34.1 Å². The van der Waals surface area contributed by atoms with Crippen molar-refractivity contribution in [1.29, 1.82) is 0 Å². The lowest BCUT2D eigenvalue weighted by molar-refractivity contribution is 0.414. The van der Waals surface area contributed by atoms with Crippen LogP contribution in [0.1, 0.15) is 49.0 Å². The van der Waals surface area contributed by atoms with E-state index >= 15 is 0 Å². The van der Waals surface area contributed by atoms with Gasteiger partial charge in [0.1, 0.15) is 10.8 Å². The molecule has 0 bridgehead atoms. The summed E-state index contributed by atoms with van der Waals surface area (Å²) in [6, 6.07) is 5.95. The standard InChI is InChI=1S/C16H21ClN2OS/c1-5-18-15(16-19-13(9-21-16)10(2)3)11-6-7-14(20-4)12(17)8-11/h6-10,15,18H,5H2,1-4H3. The van der Waals surface area contributed by atoms with Crippen molar-refractivity contribution < 1.29 is 4.74 Å². The Balaban J connectivity index is 2.35. The fourth-order valence-corrected chi connectivity index (χ4v) is 3.46. The van der Waals surface area contributed by atoms with Gasteiger partial charge in [0, 0.05) is 5.38 Å². The average Bonchev–Trinajstić information content (AvgIpc) is 2.94. The van der Waals surface area contributed by atoms with Gasteiger partial charge in [-0.05, 0) is 30.2 Å². The van der Waals surface area contributed by atoms with Crippen LogP contribution in [-0.4, -0.2) is 18.6 Å². The van der Waals surface area contributed by atoms with Crippen molar-refractivity contribution in [1.82, 2.24) is 10.3 Å². The number of nitrogens with one attached hydrogen (secondary N) is 1. The van der Waals surface area contributed by atoms with E-state index in [0.717, 1.165) is 22.8 Å². The third kappa shape index (κ3) is 3.76. The highest BCUT2D eigenvalue weighted by Crippen LogP contribution is 2.32. The maximum Gasteiger partial charge on any atom is 0.137 e. The molecule has 21 heavy (non-hydrogen) atoms. The molecule has 1 heterocycles. The molecule has 0 aliphatic heterocycles. The van der Waals surface area contributed by atoms with Gasteiger partial charge in [0.25, 0.3) is 0 Å². The Morgan fingerprint density at radius 1 is 1.38 bits per heavy atom.